The number of hydrogen-bond acceptors (Lipinski definition) is 6. The molecular formula is C16H23N3O4S. The summed E-state index contributed by atoms with van der Waals surface area (Å²) in [5.74, 6) is -0.269. The van der Waals surface area contributed by atoms with Crippen LogP contribution in [0.4, 0.5) is 0 Å². The van der Waals surface area contributed by atoms with Gasteiger partial charge in [0.2, 0.25) is 0 Å². The van der Waals surface area contributed by atoms with Gasteiger partial charge in [0, 0.05) is 24.5 Å². The molecular weight excluding hydrogens is 330 g/mol. The Morgan fingerprint density at radius 3 is 2.54 bits per heavy atom. The van der Waals surface area contributed by atoms with Crippen molar-refractivity contribution in [2.24, 2.45) is 5.41 Å². The van der Waals surface area contributed by atoms with Gasteiger partial charge in [0.05, 0.1) is 0 Å². The molecule has 1 aromatic heterocycles. The lowest BCUT2D eigenvalue weighted by atomic mass is 9.97. The first-order valence-electron chi connectivity index (χ1n) is 7.73. The van der Waals surface area contributed by atoms with Gasteiger partial charge in [-0.3, -0.25) is 9.59 Å². The molecule has 0 spiro atoms. The minimum Gasteiger partial charge on any atom is -0.349 e. The second-order valence-corrected chi connectivity index (χ2v) is 7.71. The average Bonchev–Trinajstić information content (AvgIpc) is 3.13. The molecule has 1 aliphatic rings. The second-order valence-electron chi connectivity index (χ2n) is 6.85. The third kappa shape index (κ3) is 5.86. The Balaban J connectivity index is 0.000000891. The molecule has 0 unspecified atom stereocenters. The van der Waals surface area contributed by atoms with E-state index in [1.54, 1.807) is 5.38 Å². The molecule has 132 valence electrons. The van der Waals surface area contributed by atoms with Crippen molar-refractivity contribution in [3.05, 3.63) is 16.1 Å². The summed E-state index contributed by atoms with van der Waals surface area (Å²) in [6.07, 6.45) is 2.32. The molecule has 1 saturated heterocycles. The van der Waals surface area contributed by atoms with Gasteiger partial charge < -0.3 is 10.2 Å². The van der Waals surface area contributed by atoms with E-state index in [1.807, 2.05) is 11.8 Å². The highest BCUT2D eigenvalue weighted by molar-refractivity contribution is 7.11. The number of likely N-dealkylation sites (tertiary alicyclic amines) is 1. The van der Waals surface area contributed by atoms with Crippen molar-refractivity contribution >= 4 is 29.3 Å². The van der Waals surface area contributed by atoms with E-state index in [0.29, 0.717) is 17.2 Å². The number of aromatic nitrogens is 1. The lowest BCUT2D eigenvalue weighted by Crippen LogP contribution is -2.34. The Morgan fingerprint density at radius 2 is 2.04 bits per heavy atom. The van der Waals surface area contributed by atoms with E-state index in [4.69, 9.17) is 9.59 Å². The molecule has 0 aliphatic carbocycles. The van der Waals surface area contributed by atoms with Gasteiger partial charge in [-0.25, -0.2) is 4.98 Å². The molecule has 1 atom stereocenters. The Morgan fingerprint density at radius 1 is 1.42 bits per heavy atom. The van der Waals surface area contributed by atoms with Gasteiger partial charge in [-0.05, 0) is 25.2 Å². The van der Waals surface area contributed by atoms with Crippen molar-refractivity contribution in [1.82, 2.24) is 15.2 Å². The topological polar surface area (TPSA) is 96.4 Å². The molecule has 1 aromatic rings. The zero-order valence-electron chi connectivity index (χ0n) is 14.4. The predicted octanol–water partition coefficient (Wildman–Crippen LogP) is 1.96. The minimum atomic E-state index is -0.205. The first-order valence-corrected chi connectivity index (χ1v) is 8.61. The Bertz CT molecular complexity index is 615. The van der Waals surface area contributed by atoms with Gasteiger partial charge in [0.1, 0.15) is 5.69 Å². The summed E-state index contributed by atoms with van der Waals surface area (Å²) in [5.41, 5.74) is 0.408. The molecule has 0 radical (unpaired) electrons. The molecule has 7 nitrogen and oxygen atoms in total. The minimum absolute atomic E-state index is 0.0244. The second kappa shape index (κ2) is 8.70. The van der Waals surface area contributed by atoms with Gasteiger partial charge in [-0.2, -0.15) is 9.59 Å². The quantitative estimate of drug-likeness (QED) is 0.896. The van der Waals surface area contributed by atoms with Gasteiger partial charge in [0.25, 0.3) is 11.8 Å². The van der Waals surface area contributed by atoms with Gasteiger partial charge in [-0.1, -0.05) is 20.8 Å². The SMILES string of the molecule is C[C@H]1CCCN1C(=O)c1csc(C(=O)NCC(C)(C)C)n1.O=C=O. The predicted molar refractivity (Wildman–Crippen MR) is 88.6 cm³/mol. The maximum absolute atomic E-state index is 12.3. The Kier molecular flexibility index (Phi) is 7.25. The molecule has 1 fully saturated rings. The van der Waals surface area contributed by atoms with Crippen LogP contribution >= 0.6 is 11.3 Å². The lowest BCUT2D eigenvalue weighted by molar-refractivity contribution is -0.191. The van der Waals surface area contributed by atoms with E-state index >= 15 is 0 Å². The Labute approximate surface area is 145 Å². The smallest absolute Gasteiger partial charge is 0.349 e. The maximum Gasteiger partial charge on any atom is 0.373 e. The molecule has 0 saturated carbocycles. The van der Waals surface area contributed by atoms with Crippen LogP contribution in [-0.4, -0.2) is 47.0 Å². The number of hydrogen-bond donors (Lipinski definition) is 1. The van der Waals surface area contributed by atoms with Crippen molar-refractivity contribution in [2.45, 2.75) is 46.6 Å². The molecule has 2 heterocycles. The van der Waals surface area contributed by atoms with E-state index in [0.717, 1.165) is 19.4 Å². The van der Waals surface area contributed by atoms with Gasteiger partial charge in [0.15, 0.2) is 5.01 Å². The number of thiazole rings is 1. The van der Waals surface area contributed by atoms with Crippen LogP contribution < -0.4 is 5.32 Å². The van der Waals surface area contributed by atoms with Crippen LogP contribution in [-0.2, 0) is 9.59 Å². The van der Waals surface area contributed by atoms with Crippen LogP contribution in [0.1, 0.15) is 60.8 Å². The fourth-order valence-electron chi connectivity index (χ4n) is 2.28. The summed E-state index contributed by atoms with van der Waals surface area (Å²) < 4.78 is 0. The summed E-state index contributed by atoms with van der Waals surface area (Å²) in [4.78, 5) is 46.7. The van der Waals surface area contributed by atoms with Gasteiger partial charge >= 0.3 is 6.15 Å². The monoisotopic (exact) mass is 353 g/mol. The number of nitrogens with one attached hydrogen (secondary N) is 1. The zero-order chi connectivity index (χ0) is 18.3. The lowest BCUT2D eigenvalue weighted by Gasteiger charge is -2.20. The van der Waals surface area contributed by atoms with Crippen LogP contribution in [0.15, 0.2) is 5.38 Å². The highest BCUT2D eigenvalue weighted by Crippen LogP contribution is 2.20. The summed E-state index contributed by atoms with van der Waals surface area (Å²) in [5, 5.41) is 4.89. The third-order valence-electron chi connectivity index (χ3n) is 3.51. The number of carbonyl (C=O) groups is 2. The first-order chi connectivity index (χ1) is 11.2. The van der Waals surface area contributed by atoms with Crippen molar-refractivity contribution in [3.8, 4) is 0 Å². The highest BCUT2D eigenvalue weighted by atomic mass is 32.1. The van der Waals surface area contributed by atoms with Crippen LogP contribution in [0.25, 0.3) is 0 Å². The van der Waals surface area contributed by atoms with Crippen molar-refractivity contribution in [1.29, 1.82) is 0 Å². The van der Waals surface area contributed by atoms with E-state index in [-0.39, 0.29) is 29.4 Å². The van der Waals surface area contributed by atoms with Crippen LogP contribution in [0.5, 0.6) is 0 Å². The van der Waals surface area contributed by atoms with E-state index in [2.05, 4.69) is 31.1 Å². The van der Waals surface area contributed by atoms with E-state index < -0.39 is 0 Å². The molecule has 24 heavy (non-hydrogen) atoms. The summed E-state index contributed by atoms with van der Waals surface area (Å²) in [7, 11) is 0. The molecule has 2 rings (SSSR count). The summed E-state index contributed by atoms with van der Waals surface area (Å²) in [6, 6.07) is 0.261. The first kappa shape index (κ1) is 20.0. The number of rotatable bonds is 3. The van der Waals surface area contributed by atoms with Crippen LogP contribution in [0.3, 0.4) is 0 Å². The molecule has 2 amide bonds. The zero-order valence-corrected chi connectivity index (χ0v) is 15.2. The standard InChI is InChI=1S/C15H23N3O2S.CO2/c1-10-6-5-7-18(10)14(20)11-8-21-13(17-11)12(19)16-9-15(2,3)4;2-1-3/h8,10H,5-7,9H2,1-4H3,(H,16,19);/t10-;/m0./s1. The van der Waals surface area contributed by atoms with Crippen molar-refractivity contribution in [3.63, 3.8) is 0 Å². The van der Waals surface area contributed by atoms with E-state index in [1.165, 1.54) is 11.3 Å². The molecule has 0 bridgehead atoms. The number of amides is 2. The molecule has 1 aliphatic heterocycles. The normalized spacial score (nSPS) is 16.8. The van der Waals surface area contributed by atoms with Crippen molar-refractivity contribution in [2.75, 3.05) is 13.1 Å². The third-order valence-corrected chi connectivity index (χ3v) is 4.35. The van der Waals surface area contributed by atoms with Crippen molar-refractivity contribution < 1.29 is 19.2 Å². The summed E-state index contributed by atoms with van der Waals surface area (Å²) >= 11 is 1.23. The van der Waals surface area contributed by atoms with Crippen LogP contribution in [0.2, 0.25) is 0 Å². The average molecular weight is 353 g/mol. The van der Waals surface area contributed by atoms with E-state index in [9.17, 15) is 9.59 Å². The molecule has 8 heteroatoms. The fraction of sp³-hybridized carbons (Fsp3) is 0.625. The largest absolute Gasteiger partial charge is 0.373 e. The molecule has 0 aromatic carbocycles. The Hall–Kier alpha value is -2.05. The summed E-state index contributed by atoms with van der Waals surface area (Å²) in [6.45, 7) is 9.58. The number of nitrogens with zero attached hydrogens (tertiary/aromatic N) is 2. The van der Waals surface area contributed by atoms with Gasteiger partial charge in [-0.15, -0.1) is 11.3 Å². The number of carbonyl (C=O) groups excluding carboxylic acids is 4. The molecule has 1 N–H and O–H groups in total. The highest BCUT2D eigenvalue weighted by Gasteiger charge is 2.28. The fourth-order valence-corrected chi connectivity index (χ4v) is 2.99. The van der Waals surface area contributed by atoms with Crippen LogP contribution in [0, 0.1) is 5.41 Å². The maximum atomic E-state index is 12.3.